The molecular weight excluding hydrogens is 263 g/mol. The standard InChI is InChI=1S/C12H12F3NO3/c13-12(14,15)19-10-3-1-9(2-4-10)11-7-18-6-5-16(11)8-17/h1-4,8,11H,5-7H2/t11-/m1/s1. The Labute approximate surface area is 107 Å². The number of carbonyl (C=O) groups excluding carboxylic acids is 1. The van der Waals surface area contributed by atoms with E-state index in [1.165, 1.54) is 24.3 Å². The molecule has 0 unspecified atom stereocenters. The molecule has 4 nitrogen and oxygen atoms in total. The van der Waals surface area contributed by atoms with E-state index in [0.29, 0.717) is 31.7 Å². The fraction of sp³-hybridized carbons (Fsp3) is 0.417. The van der Waals surface area contributed by atoms with E-state index in [0.717, 1.165) is 0 Å². The van der Waals surface area contributed by atoms with Gasteiger partial charge < -0.3 is 14.4 Å². The Hall–Kier alpha value is -1.76. The van der Waals surface area contributed by atoms with Crippen molar-refractivity contribution in [3.05, 3.63) is 29.8 Å². The van der Waals surface area contributed by atoms with E-state index in [2.05, 4.69) is 4.74 Å². The lowest BCUT2D eigenvalue weighted by Crippen LogP contribution is -2.38. The third kappa shape index (κ3) is 3.60. The maximum atomic E-state index is 12.0. The summed E-state index contributed by atoms with van der Waals surface area (Å²) in [5, 5.41) is 0. The molecule has 1 heterocycles. The molecule has 0 N–H and O–H groups in total. The van der Waals surface area contributed by atoms with Crippen molar-refractivity contribution in [3.8, 4) is 5.75 Å². The predicted octanol–water partition coefficient (Wildman–Crippen LogP) is 2.11. The second-order valence-corrected chi connectivity index (χ2v) is 4.05. The number of amides is 1. The lowest BCUT2D eigenvalue weighted by molar-refractivity contribution is -0.274. The molecule has 0 aliphatic carbocycles. The normalized spacial score (nSPS) is 20.2. The van der Waals surface area contributed by atoms with Gasteiger partial charge in [0.1, 0.15) is 5.75 Å². The van der Waals surface area contributed by atoms with E-state index >= 15 is 0 Å². The van der Waals surface area contributed by atoms with E-state index in [4.69, 9.17) is 4.74 Å². The number of rotatable bonds is 3. The van der Waals surface area contributed by atoms with Crippen LogP contribution < -0.4 is 4.74 Å². The van der Waals surface area contributed by atoms with Crippen LogP contribution in [0.25, 0.3) is 0 Å². The molecule has 0 saturated carbocycles. The van der Waals surface area contributed by atoms with Crippen molar-refractivity contribution in [2.24, 2.45) is 0 Å². The van der Waals surface area contributed by atoms with E-state index in [9.17, 15) is 18.0 Å². The van der Waals surface area contributed by atoms with Gasteiger partial charge in [-0.25, -0.2) is 0 Å². The lowest BCUT2D eigenvalue weighted by atomic mass is 10.1. The van der Waals surface area contributed by atoms with Crippen LogP contribution in [0.2, 0.25) is 0 Å². The number of hydrogen-bond acceptors (Lipinski definition) is 3. The molecule has 1 aromatic rings. The zero-order valence-electron chi connectivity index (χ0n) is 9.89. The van der Waals surface area contributed by atoms with Gasteiger partial charge in [0.25, 0.3) is 0 Å². The van der Waals surface area contributed by atoms with Gasteiger partial charge in [0.05, 0.1) is 19.3 Å². The lowest BCUT2D eigenvalue weighted by Gasteiger charge is -2.32. The number of carbonyl (C=O) groups is 1. The summed E-state index contributed by atoms with van der Waals surface area (Å²) in [4.78, 5) is 12.5. The summed E-state index contributed by atoms with van der Waals surface area (Å²) in [6.45, 7) is 1.26. The number of hydrogen-bond donors (Lipinski definition) is 0. The summed E-state index contributed by atoms with van der Waals surface area (Å²) in [7, 11) is 0. The summed E-state index contributed by atoms with van der Waals surface area (Å²) in [5.74, 6) is -0.286. The average Bonchev–Trinajstić information content (AvgIpc) is 2.38. The molecule has 1 aliphatic heterocycles. The van der Waals surface area contributed by atoms with Gasteiger partial charge in [-0.2, -0.15) is 0 Å². The highest BCUT2D eigenvalue weighted by Gasteiger charge is 2.31. The number of nitrogens with zero attached hydrogens (tertiary/aromatic N) is 1. The molecule has 1 atom stereocenters. The Balaban J connectivity index is 2.11. The number of alkyl halides is 3. The van der Waals surface area contributed by atoms with Crippen molar-refractivity contribution in [1.82, 2.24) is 4.90 Å². The fourth-order valence-corrected chi connectivity index (χ4v) is 1.92. The minimum Gasteiger partial charge on any atom is -0.406 e. The maximum absolute atomic E-state index is 12.0. The molecule has 1 aromatic carbocycles. The first-order valence-corrected chi connectivity index (χ1v) is 5.64. The summed E-state index contributed by atoms with van der Waals surface area (Å²) < 4.78 is 45.1. The smallest absolute Gasteiger partial charge is 0.406 e. The molecule has 7 heteroatoms. The molecule has 1 fully saturated rings. The number of benzene rings is 1. The molecule has 1 amide bonds. The number of morpholine rings is 1. The first-order chi connectivity index (χ1) is 8.99. The molecule has 2 rings (SSSR count). The van der Waals surface area contributed by atoms with Crippen LogP contribution in [-0.2, 0) is 9.53 Å². The van der Waals surface area contributed by atoms with Crippen LogP contribution in [0.15, 0.2) is 24.3 Å². The van der Waals surface area contributed by atoms with Gasteiger partial charge in [0.15, 0.2) is 0 Å². The SMILES string of the molecule is O=CN1CCOC[C@@H]1c1ccc(OC(F)(F)F)cc1. The topological polar surface area (TPSA) is 38.8 Å². The van der Waals surface area contributed by atoms with Crippen LogP contribution in [0.4, 0.5) is 13.2 Å². The maximum Gasteiger partial charge on any atom is 0.573 e. The second kappa shape index (κ2) is 5.48. The van der Waals surface area contributed by atoms with Crippen molar-refractivity contribution >= 4 is 6.41 Å². The van der Waals surface area contributed by atoms with Gasteiger partial charge in [-0.15, -0.1) is 13.2 Å². The van der Waals surface area contributed by atoms with Gasteiger partial charge in [-0.3, -0.25) is 4.79 Å². The molecule has 0 bridgehead atoms. The van der Waals surface area contributed by atoms with Crippen molar-refractivity contribution in [2.75, 3.05) is 19.8 Å². The first-order valence-electron chi connectivity index (χ1n) is 5.64. The van der Waals surface area contributed by atoms with E-state index in [1.54, 1.807) is 4.90 Å². The Kier molecular flexibility index (Phi) is 3.94. The molecule has 0 aromatic heterocycles. The summed E-state index contributed by atoms with van der Waals surface area (Å²) in [6.07, 6.45) is -3.99. The van der Waals surface area contributed by atoms with Crippen LogP contribution in [0.1, 0.15) is 11.6 Å². The van der Waals surface area contributed by atoms with Crippen LogP contribution >= 0.6 is 0 Å². The number of ether oxygens (including phenoxy) is 2. The van der Waals surface area contributed by atoms with Crippen LogP contribution in [0, 0.1) is 0 Å². The Bertz CT molecular complexity index is 433. The van der Waals surface area contributed by atoms with E-state index < -0.39 is 6.36 Å². The molecule has 0 spiro atoms. The highest BCUT2D eigenvalue weighted by Crippen LogP contribution is 2.27. The monoisotopic (exact) mass is 275 g/mol. The molecule has 1 saturated heterocycles. The zero-order chi connectivity index (χ0) is 13.9. The van der Waals surface area contributed by atoms with Gasteiger partial charge in [0.2, 0.25) is 6.41 Å². The number of halogens is 3. The Morgan fingerprint density at radius 2 is 2.00 bits per heavy atom. The average molecular weight is 275 g/mol. The second-order valence-electron chi connectivity index (χ2n) is 4.05. The van der Waals surface area contributed by atoms with Gasteiger partial charge in [-0.05, 0) is 17.7 Å². The van der Waals surface area contributed by atoms with Gasteiger partial charge >= 0.3 is 6.36 Å². The van der Waals surface area contributed by atoms with Crippen molar-refractivity contribution < 1.29 is 27.4 Å². The summed E-state index contributed by atoms with van der Waals surface area (Å²) >= 11 is 0. The molecule has 19 heavy (non-hydrogen) atoms. The van der Waals surface area contributed by atoms with Crippen LogP contribution in [-0.4, -0.2) is 37.4 Å². The first kappa shape index (κ1) is 13.7. The highest BCUT2D eigenvalue weighted by atomic mass is 19.4. The minimum absolute atomic E-state index is 0.272. The van der Waals surface area contributed by atoms with Crippen molar-refractivity contribution in [2.45, 2.75) is 12.4 Å². The molecule has 0 radical (unpaired) electrons. The summed E-state index contributed by atoms with van der Waals surface area (Å²) in [6, 6.07) is 5.17. The van der Waals surface area contributed by atoms with Crippen LogP contribution in [0.5, 0.6) is 5.75 Å². The zero-order valence-corrected chi connectivity index (χ0v) is 9.89. The largest absolute Gasteiger partial charge is 0.573 e. The highest BCUT2D eigenvalue weighted by molar-refractivity contribution is 5.49. The van der Waals surface area contributed by atoms with Crippen molar-refractivity contribution in [1.29, 1.82) is 0 Å². The molecular formula is C12H12F3NO3. The third-order valence-corrected chi connectivity index (χ3v) is 2.80. The quantitative estimate of drug-likeness (QED) is 0.793. The van der Waals surface area contributed by atoms with E-state index in [-0.39, 0.29) is 11.8 Å². The Morgan fingerprint density at radius 3 is 2.58 bits per heavy atom. The van der Waals surface area contributed by atoms with Gasteiger partial charge in [-0.1, -0.05) is 12.1 Å². The van der Waals surface area contributed by atoms with E-state index in [1.807, 2.05) is 0 Å². The minimum atomic E-state index is -4.70. The molecule has 104 valence electrons. The fourth-order valence-electron chi connectivity index (χ4n) is 1.92. The Morgan fingerprint density at radius 1 is 1.32 bits per heavy atom. The summed E-state index contributed by atoms with van der Waals surface area (Å²) in [5.41, 5.74) is 0.710. The van der Waals surface area contributed by atoms with Crippen molar-refractivity contribution in [3.63, 3.8) is 0 Å². The third-order valence-electron chi connectivity index (χ3n) is 2.80. The van der Waals surface area contributed by atoms with Gasteiger partial charge in [0, 0.05) is 6.54 Å². The molecule has 1 aliphatic rings. The van der Waals surface area contributed by atoms with Crippen LogP contribution in [0.3, 0.4) is 0 Å². The predicted molar refractivity (Wildman–Crippen MR) is 59.5 cm³/mol.